The van der Waals surface area contributed by atoms with Crippen LogP contribution in [-0.4, -0.2) is 51.2 Å². The van der Waals surface area contributed by atoms with E-state index in [2.05, 4.69) is 60.4 Å². The van der Waals surface area contributed by atoms with Crippen LogP contribution in [0, 0.1) is 6.92 Å². The first-order valence-electron chi connectivity index (χ1n) is 6.85. The number of hydrogen-bond acceptors (Lipinski definition) is 3. The van der Waals surface area contributed by atoms with Gasteiger partial charge in [-0.05, 0) is 46.1 Å². The van der Waals surface area contributed by atoms with E-state index in [1.807, 2.05) is 0 Å². The molecular weight excluding hydrogens is 222 g/mol. The lowest BCUT2D eigenvalue weighted by molar-refractivity contribution is 0.346. The van der Waals surface area contributed by atoms with Gasteiger partial charge in [0, 0.05) is 31.4 Å². The Kier molecular flexibility index (Phi) is 4.61. The monoisotopic (exact) mass is 247 g/mol. The number of likely N-dealkylation sites (N-methyl/N-ethyl adjacent to an activating group) is 1. The smallest absolute Gasteiger partial charge is 0.0371 e. The van der Waals surface area contributed by atoms with Gasteiger partial charge in [-0.1, -0.05) is 17.7 Å². The van der Waals surface area contributed by atoms with Gasteiger partial charge in [0.05, 0.1) is 0 Å². The lowest BCUT2D eigenvalue weighted by Crippen LogP contribution is -2.44. The summed E-state index contributed by atoms with van der Waals surface area (Å²) in [5, 5.41) is 3.64. The molecule has 2 rings (SSSR count). The molecule has 0 aliphatic carbocycles. The van der Waals surface area contributed by atoms with Crippen molar-refractivity contribution < 1.29 is 0 Å². The molecule has 0 bridgehead atoms. The van der Waals surface area contributed by atoms with Gasteiger partial charge in [-0.25, -0.2) is 0 Å². The highest BCUT2D eigenvalue weighted by atomic mass is 15.2. The van der Waals surface area contributed by atoms with Crippen molar-refractivity contribution in [2.24, 2.45) is 0 Å². The Morgan fingerprint density at radius 1 is 1.28 bits per heavy atom. The summed E-state index contributed by atoms with van der Waals surface area (Å²) in [4.78, 5) is 4.77. The van der Waals surface area contributed by atoms with Gasteiger partial charge in [0.2, 0.25) is 0 Å². The van der Waals surface area contributed by atoms with Crippen molar-refractivity contribution in [3.05, 3.63) is 29.8 Å². The summed E-state index contributed by atoms with van der Waals surface area (Å²) in [5.41, 5.74) is 2.68. The first kappa shape index (κ1) is 13.4. The summed E-state index contributed by atoms with van der Waals surface area (Å²) in [6, 6.07) is 9.45. The van der Waals surface area contributed by atoms with Crippen molar-refractivity contribution in [2.75, 3.05) is 45.2 Å². The molecule has 1 heterocycles. The molecule has 0 radical (unpaired) electrons. The van der Waals surface area contributed by atoms with Crippen LogP contribution in [0.3, 0.4) is 0 Å². The van der Waals surface area contributed by atoms with Crippen LogP contribution in [0.4, 0.5) is 5.69 Å². The van der Waals surface area contributed by atoms with E-state index in [1.165, 1.54) is 17.7 Å². The molecule has 3 nitrogen and oxygen atoms in total. The highest BCUT2D eigenvalue weighted by Crippen LogP contribution is 2.17. The van der Waals surface area contributed by atoms with Crippen LogP contribution in [0.2, 0.25) is 0 Å². The van der Waals surface area contributed by atoms with Crippen molar-refractivity contribution in [2.45, 2.75) is 19.4 Å². The SMILES string of the molecule is Cc1ccc(N2CCCNC(CN(C)C)C2)cc1. The molecule has 0 aromatic heterocycles. The lowest BCUT2D eigenvalue weighted by atomic mass is 10.2. The summed E-state index contributed by atoms with van der Waals surface area (Å²) < 4.78 is 0. The van der Waals surface area contributed by atoms with E-state index in [9.17, 15) is 0 Å². The second-order valence-electron chi connectivity index (χ2n) is 5.55. The Bertz CT molecular complexity index is 359. The van der Waals surface area contributed by atoms with Crippen molar-refractivity contribution in [1.82, 2.24) is 10.2 Å². The predicted molar refractivity (Wildman–Crippen MR) is 78.4 cm³/mol. The minimum atomic E-state index is 0.559. The third-order valence-electron chi connectivity index (χ3n) is 3.46. The number of hydrogen-bond donors (Lipinski definition) is 1. The van der Waals surface area contributed by atoms with E-state index in [-0.39, 0.29) is 0 Å². The number of anilines is 1. The summed E-state index contributed by atoms with van der Waals surface area (Å²) in [6.45, 7) is 6.62. The molecule has 1 unspecified atom stereocenters. The topological polar surface area (TPSA) is 18.5 Å². The van der Waals surface area contributed by atoms with Gasteiger partial charge in [0.15, 0.2) is 0 Å². The summed E-state index contributed by atoms with van der Waals surface area (Å²) >= 11 is 0. The van der Waals surface area contributed by atoms with E-state index < -0.39 is 0 Å². The van der Waals surface area contributed by atoms with E-state index in [4.69, 9.17) is 0 Å². The van der Waals surface area contributed by atoms with Gasteiger partial charge in [-0.3, -0.25) is 0 Å². The van der Waals surface area contributed by atoms with E-state index in [0.29, 0.717) is 6.04 Å². The molecule has 1 aromatic rings. The fourth-order valence-corrected chi connectivity index (χ4v) is 2.55. The summed E-state index contributed by atoms with van der Waals surface area (Å²) in [7, 11) is 4.28. The second kappa shape index (κ2) is 6.21. The second-order valence-corrected chi connectivity index (χ2v) is 5.55. The number of nitrogens with zero attached hydrogens (tertiary/aromatic N) is 2. The molecular formula is C15H25N3. The normalized spacial score (nSPS) is 21.1. The molecule has 100 valence electrons. The molecule has 0 amide bonds. The molecule has 0 spiro atoms. The van der Waals surface area contributed by atoms with Crippen LogP contribution in [0.15, 0.2) is 24.3 Å². The highest BCUT2D eigenvalue weighted by Gasteiger charge is 2.18. The molecule has 1 aliphatic heterocycles. The predicted octanol–water partition coefficient (Wildman–Crippen LogP) is 1.72. The van der Waals surface area contributed by atoms with Gasteiger partial charge < -0.3 is 15.1 Å². The first-order chi connectivity index (χ1) is 8.65. The maximum Gasteiger partial charge on any atom is 0.0371 e. The Balaban J connectivity index is 2.04. The Labute approximate surface area is 111 Å². The van der Waals surface area contributed by atoms with Crippen LogP contribution in [-0.2, 0) is 0 Å². The molecule has 3 heteroatoms. The molecule has 1 aliphatic rings. The Hall–Kier alpha value is -1.06. The molecule has 18 heavy (non-hydrogen) atoms. The van der Waals surface area contributed by atoms with Crippen LogP contribution in [0.25, 0.3) is 0 Å². The van der Waals surface area contributed by atoms with Crippen LogP contribution in [0.1, 0.15) is 12.0 Å². The van der Waals surface area contributed by atoms with Crippen molar-refractivity contribution in [1.29, 1.82) is 0 Å². The standard InChI is InChI=1S/C15H25N3/c1-13-5-7-15(8-6-13)18-10-4-9-16-14(12-18)11-17(2)3/h5-8,14,16H,4,9-12H2,1-3H3. The van der Waals surface area contributed by atoms with Crippen LogP contribution >= 0.6 is 0 Å². The van der Waals surface area contributed by atoms with E-state index in [1.54, 1.807) is 0 Å². The third-order valence-corrected chi connectivity index (χ3v) is 3.46. The number of benzene rings is 1. The minimum absolute atomic E-state index is 0.559. The molecule has 1 saturated heterocycles. The maximum absolute atomic E-state index is 3.64. The van der Waals surface area contributed by atoms with Gasteiger partial charge in [0.25, 0.3) is 0 Å². The highest BCUT2D eigenvalue weighted by molar-refractivity contribution is 5.47. The van der Waals surface area contributed by atoms with Gasteiger partial charge in [-0.2, -0.15) is 0 Å². The molecule has 1 N–H and O–H groups in total. The summed E-state index contributed by atoms with van der Waals surface area (Å²) in [5.74, 6) is 0. The number of nitrogens with one attached hydrogen (secondary N) is 1. The molecule has 0 saturated carbocycles. The first-order valence-corrected chi connectivity index (χ1v) is 6.85. The largest absolute Gasteiger partial charge is 0.370 e. The third kappa shape index (κ3) is 3.72. The van der Waals surface area contributed by atoms with Crippen molar-refractivity contribution in [3.8, 4) is 0 Å². The van der Waals surface area contributed by atoms with Crippen LogP contribution in [0.5, 0.6) is 0 Å². The average molecular weight is 247 g/mol. The zero-order valence-corrected chi connectivity index (χ0v) is 11.8. The fraction of sp³-hybridized carbons (Fsp3) is 0.600. The Morgan fingerprint density at radius 3 is 2.67 bits per heavy atom. The van der Waals surface area contributed by atoms with Gasteiger partial charge >= 0.3 is 0 Å². The van der Waals surface area contributed by atoms with E-state index in [0.717, 1.165) is 26.2 Å². The van der Waals surface area contributed by atoms with Gasteiger partial charge in [-0.15, -0.1) is 0 Å². The average Bonchev–Trinajstić information content (AvgIpc) is 2.55. The number of aryl methyl sites for hydroxylation is 1. The van der Waals surface area contributed by atoms with Crippen molar-refractivity contribution >= 4 is 5.69 Å². The Morgan fingerprint density at radius 2 is 2.00 bits per heavy atom. The fourth-order valence-electron chi connectivity index (χ4n) is 2.55. The minimum Gasteiger partial charge on any atom is -0.370 e. The number of rotatable bonds is 3. The zero-order chi connectivity index (χ0) is 13.0. The lowest BCUT2D eigenvalue weighted by Gasteiger charge is -2.28. The maximum atomic E-state index is 3.64. The van der Waals surface area contributed by atoms with Crippen LogP contribution < -0.4 is 10.2 Å². The van der Waals surface area contributed by atoms with Gasteiger partial charge in [0.1, 0.15) is 0 Å². The quantitative estimate of drug-likeness (QED) is 0.877. The molecule has 1 fully saturated rings. The van der Waals surface area contributed by atoms with Crippen molar-refractivity contribution in [3.63, 3.8) is 0 Å². The van der Waals surface area contributed by atoms with E-state index >= 15 is 0 Å². The molecule has 1 aromatic carbocycles. The molecule has 1 atom stereocenters. The summed E-state index contributed by atoms with van der Waals surface area (Å²) in [6.07, 6.45) is 1.22. The zero-order valence-electron chi connectivity index (χ0n) is 11.8.